The molecular formula is C17H18ClFN2O. The van der Waals surface area contributed by atoms with E-state index < -0.39 is 6.67 Å². The van der Waals surface area contributed by atoms with Gasteiger partial charge in [-0.15, -0.1) is 0 Å². The largest absolute Gasteiger partial charge is 0.337 e. The fourth-order valence-electron chi connectivity index (χ4n) is 2.23. The number of hydrogen-bond acceptors (Lipinski definition) is 1. The Morgan fingerprint density at radius 3 is 2.27 bits per heavy atom. The van der Waals surface area contributed by atoms with Crippen molar-refractivity contribution in [2.45, 2.75) is 5.92 Å². The monoisotopic (exact) mass is 320 g/mol. The van der Waals surface area contributed by atoms with Crippen molar-refractivity contribution in [3.8, 4) is 0 Å². The van der Waals surface area contributed by atoms with Gasteiger partial charge in [-0.3, -0.25) is 0 Å². The number of halogens is 2. The maximum Gasteiger partial charge on any atom is 0.314 e. The molecule has 0 fully saturated rings. The molecule has 0 aromatic heterocycles. The highest BCUT2D eigenvalue weighted by Crippen LogP contribution is 2.25. The second-order valence-electron chi connectivity index (χ2n) is 4.84. The predicted octanol–water partition coefficient (Wildman–Crippen LogP) is 3.74. The quantitative estimate of drug-likeness (QED) is 0.836. The first kappa shape index (κ1) is 16.3. The second kappa shape index (κ2) is 8.39. The maximum absolute atomic E-state index is 12.1. The molecule has 2 rings (SSSR count). The molecule has 2 aromatic carbocycles. The molecule has 1 atom stereocenters. The Kier molecular flexibility index (Phi) is 6.22. The van der Waals surface area contributed by atoms with Crippen LogP contribution in [0.3, 0.4) is 0 Å². The van der Waals surface area contributed by atoms with Crippen LogP contribution in [0.2, 0.25) is 5.02 Å². The molecule has 1 unspecified atom stereocenters. The molecule has 0 aliphatic carbocycles. The van der Waals surface area contributed by atoms with Gasteiger partial charge in [0.15, 0.2) is 0 Å². The van der Waals surface area contributed by atoms with Crippen LogP contribution in [-0.2, 0) is 0 Å². The van der Waals surface area contributed by atoms with Gasteiger partial charge in [-0.2, -0.15) is 0 Å². The zero-order valence-corrected chi connectivity index (χ0v) is 12.8. The van der Waals surface area contributed by atoms with Gasteiger partial charge in [0.1, 0.15) is 6.67 Å². The summed E-state index contributed by atoms with van der Waals surface area (Å²) in [5.74, 6) is 0.00888. The number of hydrogen-bond donors (Lipinski definition) is 2. The summed E-state index contributed by atoms with van der Waals surface area (Å²) in [5.41, 5.74) is 2.15. The number of urea groups is 1. The molecule has 3 nitrogen and oxygen atoms in total. The number of benzene rings is 2. The van der Waals surface area contributed by atoms with E-state index in [9.17, 15) is 9.18 Å². The van der Waals surface area contributed by atoms with Crippen LogP contribution in [0.25, 0.3) is 0 Å². The number of amides is 2. The van der Waals surface area contributed by atoms with Crippen LogP contribution < -0.4 is 10.6 Å². The molecule has 116 valence electrons. The molecule has 5 heteroatoms. The fraction of sp³-hybridized carbons (Fsp3) is 0.235. The van der Waals surface area contributed by atoms with Gasteiger partial charge in [-0.1, -0.05) is 54.1 Å². The lowest BCUT2D eigenvalue weighted by atomic mass is 9.91. The van der Waals surface area contributed by atoms with Gasteiger partial charge in [0.25, 0.3) is 0 Å². The summed E-state index contributed by atoms with van der Waals surface area (Å²) < 4.78 is 12.1. The molecule has 0 heterocycles. The van der Waals surface area contributed by atoms with E-state index in [-0.39, 0.29) is 18.5 Å². The third kappa shape index (κ3) is 4.74. The van der Waals surface area contributed by atoms with Gasteiger partial charge in [0.2, 0.25) is 0 Å². The van der Waals surface area contributed by atoms with Gasteiger partial charge in [0, 0.05) is 24.0 Å². The van der Waals surface area contributed by atoms with Crippen LogP contribution in [-0.4, -0.2) is 25.8 Å². The van der Waals surface area contributed by atoms with Crippen molar-refractivity contribution in [2.75, 3.05) is 19.8 Å². The standard InChI is InChI=1S/C17H18ClFN2O/c18-15-8-6-14(7-9-15)16(13-4-2-1-3-5-13)12-21-17(22)20-11-10-19/h1-9,16H,10-12H2,(H2,20,21,22). The van der Waals surface area contributed by atoms with Crippen LogP contribution >= 0.6 is 11.6 Å². The number of alkyl halides is 1. The number of carbonyl (C=O) groups excluding carboxylic acids is 1. The Labute approximate surface area is 134 Å². The minimum absolute atomic E-state index is 0.00888. The van der Waals surface area contributed by atoms with E-state index in [1.54, 1.807) is 0 Å². The molecule has 0 radical (unpaired) electrons. The maximum atomic E-state index is 12.1. The second-order valence-corrected chi connectivity index (χ2v) is 5.28. The van der Waals surface area contributed by atoms with Crippen LogP contribution in [0, 0.1) is 0 Å². The smallest absolute Gasteiger partial charge is 0.314 e. The molecule has 0 saturated carbocycles. The third-order valence-corrected chi connectivity index (χ3v) is 3.57. The lowest BCUT2D eigenvalue weighted by Gasteiger charge is -2.19. The van der Waals surface area contributed by atoms with E-state index in [1.807, 2.05) is 54.6 Å². The molecule has 2 amide bonds. The van der Waals surface area contributed by atoms with E-state index in [1.165, 1.54) is 0 Å². The summed E-state index contributed by atoms with van der Waals surface area (Å²) in [6.07, 6.45) is 0. The average molecular weight is 321 g/mol. The van der Waals surface area contributed by atoms with E-state index >= 15 is 0 Å². The van der Waals surface area contributed by atoms with Crippen molar-refractivity contribution in [1.29, 1.82) is 0 Å². The van der Waals surface area contributed by atoms with Gasteiger partial charge >= 0.3 is 6.03 Å². The highest BCUT2D eigenvalue weighted by molar-refractivity contribution is 6.30. The molecule has 22 heavy (non-hydrogen) atoms. The van der Waals surface area contributed by atoms with Crippen molar-refractivity contribution in [1.82, 2.24) is 10.6 Å². The van der Waals surface area contributed by atoms with Gasteiger partial charge < -0.3 is 10.6 Å². The normalized spacial score (nSPS) is 11.7. The van der Waals surface area contributed by atoms with E-state index in [4.69, 9.17) is 11.6 Å². The molecule has 0 spiro atoms. The first-order valence-corrected chi connectivity index (χ1v) is 7.46. The van der Waals surface area contributed by atoms with Crippen LogP contribution in [0.4, 0.5) is 9.18 Å². The van der Waals surface area contributed by atoms with Gasteiger partial charge in [-0.05, 0) is 23.3 Å². The van der Waals surface area contributed by atoms with Crippen LogP contribution in [0.5, 0.6) is 0 Å². The highest BCUT2D eigenvalue weighted by Gasteiger charge is 2.15. The van der Waals surface area contributed by atoms with Gasteiger partial charge in [0.05, 0.1) is 0 Å². The molecular weight excluding hydrogens is 303 g/mol. The zero-order chi connectivity index (χ0) is 15.8. The van der Waals surface area contributed by atoms with Crippen molar-refractivity contribution in [3.63, 3.8) is 0 Å². The summed E-state index contributed by atoms with van der Waals surface area (Å²) in [7, 11) is 0. The summed E-state index contributed by atoms with van der Waals surface area (Å²) >= 11 is 5.93. The highest BCUT2D eigenvalue weighted by atomic mass is 35.5. The number of nitrogens with one attached hydrogen (secondary N) is 2. The first-order valence-electron chi connectivity index (χ1n) is 7.09. The predicted molar refractivity (Wildman–Crippen MR) is 87.1 cm³/mol. The Morgan fingerprint density at radius 1 is 1.00 bits per heavy atom. The zero-order valence-electron chi connectivity index (χ0n) is 12.1. The van der Waals surface area contributed by atoms with E-state index in [2.05, 4.69) is 10.6 Å². The van der Waals surface area contributed by atoms with Crippen molar-refractivity contribution < 1.29 is 9.18 Å². The molecule has 0 aliphatic rings. The Balaban J connectivity index is 2.12. The first-order chi connectivity index (χ1) is 10.7. The lowest BCUT2D eigenvalue weighted by Crippen LogP contribution is -2.38. The Hall–Kier alpha value is -2.07. The molecule has 2 N–H and O–H groups in total. The van der Waals surface area contributed by atoms with Crippen LogP contribution in [0.1, 0.15) is 17.0 Å². The Morgan fingerprint density at radius 2 is 1.64 bits per heavy atom. The summed E-state index contributed by atoms with van der Waals surface area (Å²) in [6, 6.07) is 17.1. The summed E-state index contributed by atoms with van der Waals surface area (Å²) in [4.78, 5) is 11.6. The molecule has 0 bridgehead atoms. The van der Waals surface area contributed by atoms with Crippen molar-refractivity contribution >= 4 is 17.6 Å². The Bertz CT molecular complexity index is 589. The molecule has 0 aliphatic heterocycles. The van der Waals surface area contributed by atoms with Gasteiger partial charge in [-0.25, -0.2) is 9.18 Å². The minimum Gasteiger partial charge on any atom is -0.337 e. The minimum atomic E-state index is -0.577. The van der Waals surface area contributed by atoms with Crippen molar-refractivity contribution in [3.05, 3.63) is 70.7 Å². The average Bonchev–Trinajstić information content (AvgIpc) is 2.55. The summed E-state index contributed by atoms with van der Waals surface area (Å²) in [5, 5.41) is 5.90. The molecule has 2 aromatic rings. The molecule has 0 saturated heterocycles. The fourth-order valence-corrected chi connectivity index (χ4v) is 2.35. The lowest BCUT2D eigenvalue weighted by molar-refractivity contribution is 0.239. The van der Waals surface area contributed by atoms with E-state index in [0.29, 0.717) is 11.6 Å². The SMILES string of the molecule is O=C(NCCF)NCC(c1ccccc1)c1ccc(Cl)cc1. The topological polar surface area (TPSA) is 41.1 Å². The number of carbonyl (C=O) groups is 1. The van der Waals surface area contributed by atoms with Crippen molar-refractivity contribution in [2.24, 2.45) is 0 Å². The summed E-state index contributed by atoms with van der Waals surface area (Å²) in [6.45, 7) is -0.140. The third-order valence-electron chi connectivity index (χ3n) is 3.32. The van der Waals surface area contributed by atoms with E-state index in [0.717, 1.165) is 11.1 Å². The number of rotatable bonds is 6. The van der Waals surface area contributed by atoms with Crippen LogP contribution in [0.15, 0.2) is 54.6 Å².